The van der Waals surface area contributed by atoms with Crippen LogP contribution >= 0.6 is 23.2 Å². The summed E-state index contributed by atoms with van der Waals surface area (Å²) in [7, 11) is 1.30. The number of methoxy groups -OCH3 is 1. The predicted octanol–water partition coefficient (Wildman–Crippen LogP) is 4.49. The van der Waals surface area contributed by atoms with Crippen LogP contribution in [-0.2, 0) is 9.53 Å². The molecule has 2 rings (SSSR count). The summed E-state index contributed by atoms with van der Waals surface area (Å²) in [5, 5.41) is 3.53. The van der Waals surface area contributed by atoms with Gasteiger partial charge in [-0.15, -0.1) is 0 Å². The molecule has 0 aromatic heterocycles. The number of benzene rings is 2. The first-order chi connectivity index (χ1) is 11.8. The van der Waals surface area contributed by atoms with Gasteiger partial charge in [-0.2, -0.15) is 0 Å². The second kappa shape index (κ2) is 8.23. The van der Waals surface area contributed by atoms with Crippen LogP contribution in [0.1, 0.15) is 22.8 Å². The Balaban J connectivity index is 2.12. The van der Waals surface area contributed by atoms with Crippen molar-refractivity contribution in [2.45, 2.75) is 20.0 Å². The Morgan fingerprint density at radius 2 is 1.84 bits per heavy atom. The van der Waals surface area contributed by atoms with Gasteiger partial charge in [0.15, 0.2) is 6.10 Å². The second-order valence-corrected chi connectivity index (χ2v) is 6.19. The number of nitrogens with one attached hydrogen (secondary N) is 1. The lowest BCUT2D eigenvalue weighted by atomic mass is 10.1. The summed E-state index contributed by atoms with van der Waals surface area (Å²) in [6.07, 6.45) is -0.806. The minimum Gasteiger partial charge on any atom is -0.479 e. The van der Waals surface area contributed by atoms with Gasteiger partial charge < -0.3 is 14.8 Å². The predicted molar refractivity (Wildman–Crippen MR) is 97.7 cm³/mol. The number of halogens is 2. The number of anilines is 1. The van der Waals surface area contributed by atoms with E-state index >= 15 is 0 Å². The Morgan fingerprint density at radius 1 is 1.12 bits per heavy atom. The summed E-state index contributed by atoms with van der Waals surface area (Å²) in [5.41, 5.74) is 1.65. The van der Waals surface area contributed by atoms with Gasteiger partial charge in [-0.05, 0) is 49.7 Å². The number of esters is 1. The van der Waals surface area contributed by atoms with Gasteiger partial charge in [0.25, 0.3) is 5.91 Å². The van der Waals surface area contributed by atoms with Crippen LogP contribution in [-0.4, -0.2) is 25.1 Å². The Labute approximate surface area is 155 Å². The molecule has 1 amide bonds. The summed E-state index contributed by atoms with van der Waals surface area (Å²) < 4.78 is 10.3. The van der Waals surface area contributed by atoms with Gasteiger partial charge in [-0.3, -0.25) is 4.79 Å². The van der Waals surface area contributed by atoms with Crippen molar-refractivity contribution in [3.63, 3.8) is 0 Å². The molecule has 0 saturated carbocycles. The summed E-state index contributed by atoms with van der Waals surface area (Å²) in [4.78, 5) is 24.0. The fraction of sp³-hybridized carbons (Fsp3) is 0.222. The Kier molecular flexibility index (Phi) is 6.28. The average molecular weight is 382 g/mol. The van der Waals surface area contributed by atoms with Crippen LogP contribution in [0.3, 0.4) is 0 Å². The third kappa shape index (κ3) is 4.87. The van der Waals surface area contributed by atoms with Gasteiger partial charge in [0.05, 0.1) is 17.7 Å². The maximum absolute atomic E-state index is 12.4. The van der Waals surface area contributed by atoms with Crippen LogP contribution in [0, 0.1) is 6.92 Å². The quantitative estimate of drug-likeness (QED) is 0.774. The van der Waals surface area contributed by atoms with Gasteiger partial charge in [0.2, 0.25) is 0 Å². The van der Waals surface area contributed by atoms with Crippen molar-refractivity contribution in [2.75, 3.05) is 12.4 Å². The molecule has 132 valence electrons. The van der Waals surface area contributed by atoms with E-state index in [9.17, 15) is 9.59 Å². The molecule has 0 aliphatic heterocycles. The van der Waals surface area contributed by atoms with E-state index in [1.54, 1.807) is 37.3 Å². The molecular formula is C18H17Cl2NO4. The van der Waals surface area contributed by atoms with Crippen molar-refractivity contribution in [3.05, 3.63) is 57.6 Å². The monoisotopic (exact) mass is 381 g/mol. The highest BCUT2D eigenvalue weighted by Crippen LogP contribution is 2.28. The molecule has 0 aliphatic carbocycles. The lowest BCUT2D eigenvalue weighted by Crippen LogP contribution is -2.30. The molecule has 0 heterocycles. The summed E-state index contributed by atoms with van der Waals surface area (Å²) >= 11 is 11.9. The topological polar surface area (TPSA) is 64.6 Å². The average Bonchev–Trinajstić information content (AvgIpc) is 2.58. The zero-order chi connectivity index (χ0) is 18.6. The molecule has 0 bridgehead atoms. The van der Waals surface area contributed by atoms with Crippen molar-refractivity contribution in [3.8, 4) is 5.75 Å². The number of aryl methyl sites for hydroxylation is 1. The van der Waals surface area contributed by atoms with Crippen LogP contribution in [0.4, 0.5) is 5.69 Å². The summed E-state index contributed by atoms with van der Waals surface area (Å²) in [6, 6.07) is 9.66. The lowest BCUT2D eigenvalue weighted by Gasteiger charge is -2.17. The molecule has 0 fully saturated rings. The fourth-order valence-electron chi connectivity index (χ4n) is 2.05. The molecule has 2 aromatic carbocycles. The van der Waals surface area contributed by atoms with Crippen LogP contribution in [0.5, 0.6) is 5.75 Å². The van der Waals surface area contributed by atoms with Gasteiger partial charge in [0.1, 0.15) is 5.75 Å². The fourth-order valence-corrected chi connectivity index (χ4v) is 2.50. The standard InChI is InChI=1S/C18H17Cl2NO4/c1-10-4-5-12(18(23)24-3)8-15(10)21-17(22)11(2)25-16-7-6-13(19)9-14(16)20/h4-9,11H,1-3H3,(H,21,22). The highest BCUT2D eigenvalue weighted by molar-refractivity contribution is 6.35. The van der Waals surface area contributed by atoms with E-state index in [0.29, 0.717) is 27.0 Å². The van der Waals surface area contributed by atoms with Crippen LogP contribution in [0.2, 0.25) is 10.0 Å². The van der Waals surface area contributed by atoms with E-state index in [4.69, 9.17) is 27.9 Å². The molecular weight excluding hydrogens is 365 g/mol. The number of ether oxygens (including phenoxy) is 2. The van der Waals surface area contributed by atoms with Crippen molar-refractivity contribution >= 4 is 40.8 Å². The maximum atomic E-state index is 12.4. The molecule has 7 heteroatoms. The van der Waals surface area contributed by atoms with Gasteiger partial charge in [0, 0.05) is 10.7 Å². The number of amides is 1. The number of carbonyl (C=O) groups excluding carboxylic acids is 2. The summed E-state index contributed by atoms with van der Waals surface area (Å²) in [5.74, 6) is -0.502. The smallest absolute Gasteiger partial charge is 0.337 e. The third-order valence-electron chi connectivity index (χ3n) is 3.48. The SMILES string of the molecule is COC(=O)c1ccc(C)c(NC(=O)C(C)Oc2ccc(Cl)cc2Cl)c1. The van der Waals surface area contributed by atoms with Gasteiger partial charge >= 0.3 is 5.97 Å². The summed E-state index contributed by atoms with van der Waals surface area (Å²) in [6.45, 7) is 3.41. The van der Waals surface area contributed by atoms with E-state index < -0.39 is 12.1 Å². The molecule has 0 spiro atoms. The maximum Gasteiger partial charge on any atom is 0.337 e. The molecule has 0 saturated heterocycles. The molecule has 1 unspecified atom stereocenters. The van der Waals surface area contributed by atoms with Gasteiger partial charge in [-0.1, -0.05) is 29.3 Å². The van der Waals surface area contributed by atoms with E-state index in [1.807, 2.05) is 6.92 Å². The Hall–Kier alpha value is -2.24. The first-order valence-corrected chi connectivity index (χ1v) is 8.19. The van der Waals surface area contributed by atoms with Crippen molar-refractivity contribution in [1.82, 2.24) is 0 Å². The zero-order valence-corrected chi connectivity index (χ0v) is 15.4. The van der Waals surface area contributed by atoms with Crippen molar-refractivity contribution in [1.29, 1.82) is 0 Å². The van der Waals surface area contributed by atoms with Crippen LogP contribution < -0.4 is 10.1 Å². The number of hydrogen-bond acceptors (Lipinski definition) is 4. The Morgan fingerprint density at radius 3 is 2.48 bits per heavy atom. The molecule has 25 heavy (non-hydrogen) atoms. The molecule has 1 N–H and O–H groups in total. The molecule has 0 aliphatic rings. The van der Waals surface area contributed by atoms with Crippen LogP contribution in [0.15, 0.2) is 36.4 Å². The van der Waals surface area contributed by atoms with E-state index in [0.717, 1.165) is 5.56 Å². The molecule has 2 aromatic rings. The zero-order valence-electron chi connectivity index (χ0n) is 13.9. The molecule has 0 radical (unpaired) electrons. The van der Waals surface area contributed by atoms with Crippen molar-refractivity contribution < 1.29 is 19.1 Å². The first-order valence-electron chi connectivity index (χ1n) is 7.43. The number of rotatable bonds is 5. The van der Waals surface area contributed by atoms with E-state index in [2.05, 4.69) is 10.1 Å². The largest absolute Gasteiger partial charge is 0.479 e. The van der Waals surface area contributed by atoms with Gasteiger partial charge in [-0.25, -0.2) is 4.79 Å². The molecule has 5 nitrogen and oxygen atoms in total. The third-order valence-corrected chi connectivity index (χ3v) is 4.01. The van der Waals surface area contributed by atoms with E-state index in [1.165, 1.54) is 13.2 Å². The van der Waals surface area contributed by atoms with Crippen LogP contribution in [0.25, 0.3) is 0 Å². The Bertz CT molecular complexity index is 808. The number of carbonyl (C=O) groups is 2. The minimum absolute atomic E-state index is 0.316. The molecule has 1 atom stereocenters. The highest BCUT2D eigenvalue weighted by Gasteiger charge is 2.18. The first kappa shape index (κ1) is 19.1. The lowest BCUT2D eigenvalue weighted by molar-refractivity contribution is -0.122. The highest BCUT2D eigenvalue weighted by atomic mass is 35.5. The second-order valence-electron chi connectivity index (χ2n) is 5.35. The normalized spacial score (nSPS) is 11.6. The minimum atomic E-state index is -0.806. The van der Waals surface area contributed by atoms with E-state index in [-0.39, 0.29) is 5.91 Å². The van der Waals surface area contributed by atoms with Crippen molar-refractivity contribution in [2.24, 2.45) is 0 Å². The number of hydrogen-bond donors (Lipinski definition) is 1.